The second-order valence-corrected chi connectivity index (χ2v) is 4.71. The molecule has 0 fully saturated rings. The van der Waals surface area contributed by atoms with Crippen LogP contribution in [0.4, 0.5) is 0 Å². The predicted octanol–water partition coefficient (Wildman–Crippen LogP) is 3.98. The van der Waals surface area contributed by atoms with Crippen molar-refractivity contribution in [2.24, 2.45) is 0 Å². The molecule has 2 rings (SSSR count). The molecule has 0 aliphatic rings. The summed E-state index contributed by atoms with van der Waals surface area (Å²) in [6.07, 6.45) is 0. The molecular formula is C12H9ClO2S. The number of rotatable bonds is 2. The van der Waals surface area contributed by atoms with E-state index in [1.807, 2.05) is 12.1 Å². The van der Waals surface area contributed by atoms with Gasteiger partial charge in [-0.3, -0.25) is 4.79 Å². The van der Waals surface area contributed by atoms with Crippen molar-refractivity contribution in [2.45, 2.75) is 6.92 Å². The summed E-state index contributed by atoms with van der Waals surface area (Å²) in [7, 11) is 0. The average molecular weight is 253 g/mol. The molecule has 0 aliphatic carbocycles. The first-order chi connectivity index (χ1) is 7.59. The fraction of sp³-hybridized carbons (Fsp3) is 0.0833. The SMILES string of the molecule is CC(=O)c1csc(-c2cccc(Cl)c2)c1O. The first-order valence-corrected chi connectivity index (χ1v) is 5.92. The second kappa shape index (κ2) is 4.28. The second-order valence-electron chi connectivity index (χ2n) is 3.39. The molecular weight excluding hydrogens is 244 g/mol. The highest BCUT2D eigenvalue weighted by Crippen LogP contribution is 2.39. The van der Waals surface area contributed by atoms with E-state index in [1.54, 1.807) is 17.5 Å². The van der Waals surface area contributed by atoms with E-state index in [0.717, 1.165) is 5.56 Å². The highest BCUT2D eigenvalue weighted by molar-refractivity contribution is 7.14. The Kier molecular flexibility index (Phi) is 2.99. The van der Waals surface area contributed by atoms with Crippen molar-refractivity contribution >= 4 is 28.7 Å². The standard InChI is InChI=1S/C12H9ClO2S/c1-7(14)10-6-16-12(11(10)15)8-3-2-4-9(13)5-8/h2-6,15H,1H3. The summed E-state index contributed by atoms with van der Waals surface area (Å²) >= 11 is 7.21. The molecule has 0 aliphatic heterocycles. The van der Waals surface area contributed by atoms with Crippen molar-refractivity contribution in [3.8, 4) is 16.2 Å². The molecule has 1 aromatic heterocycles. The topological polar surface area (TPSA) is 37.3 Å². The van der Waals surface area contributed by atoms with Crippen LogP contribution >= 0.6 is 22.9 Å². The molecule has 0 saturated carbocycles. The largest absolute Gasteiger partial charge is 0.506 e. The minimum absolute atomic E-state index is 0.0415. The molecule has 0 unspecified atom stereocenters. The lowest BCUT2D eigenvalue weighted by atomic mass is 10.1. The molecule has 82 valence electrons. The van der Waals surface area contributed by atoms with Crippen LogP contribution in [0.2, 0.25) is 5.02 Å². The summed E-state index contributed by atoms with van der Waals surface area (Å²) in [6, 6.07) is 7.18. The Bertz CT molecular complexity index is 546. The van der Waals surface area contributed by atoms with Gasteiger partial charge < -0.3 is 5.11 Å². The van der Waals surface area contributed by atoms with Crippen molar-refractivity contribution in [1.82, 2.24) is 0 Å². The molecule has 0 radical (unpaired) electrons. The van der Waals surface area contributed by atoms with E-state index in [1.165, 1.54) is 18.3 Å². The summed E-state index contributed by atoms with van der Waals surface area (Å²) in [6.45, 7) is 1.43. The van der Waals surface area contributed by atoms with Crippen LogP contribution in [0.25, 0.3) is 10.4 Å². The van der Waals surface area contributed by atoms with Gasteiger partial charge in [-0.2, -0.15) is 0 Å². The molecule has 2 nitrogen and oxygen atoms in total. The van der Waals surface area contributed by atoms with Crippen LogP contribution in [0.3, 0.4) is 0 Å². The highest BCUT2D eigenvalue weighted by atomic mass is 35.5. The number of hydrogen-bond donors (Lipinski definition) is 1. The number of ketones is 1. The van der Waals surface area contributed by atoms with Gasteiger partial charge >= 0.3 is 0 Å². The molecule has 0 amide bonds. The zero-order chi connectivity index (χ0) is 11.7. The van der Waals surface area contributed by atoms with Gasteiger partial charge in [0.1, 0.15) is 5.75 Å². The van der Waals surface area contributed by atoms with E-state index >= 15 is 0 Å². The molecule has 0 atom stereocenters. The number of halogens is 1. The maximum absolute atomic E-state index is 11.2. The molecule has 1 aromatic carbocycles. The van der Waals surface area contributed by atoms with E-state index < -0.39 is 0 Å². The van der Waals surface area contributed by atoms with Crippen LogP contribution < -0.4 is 0 Å². The summed E-state index contributed by atoms with van der Waals surface area (Å²) in [5.41, 5.74) is 1.18. The Morgan fingerprint density at radius 3 is 2.75 bits per heavy atom. The van der Waals surface area contributed by atoms with Crippen LogP contribution in [-0.4, -0.2) is 10.9 Å². The minimum Gasteiger partial charge on any atom is -0.506 e. The third-order valence-electron chi connectivity index (χ3n) is 2.23. The van der Waals surface area contributed by atoms with Crippen molar-refractivity contribution in [3.05, 3.63) is 40.2 Å². The number of Topliss-reactive ketones (excluding diaryl/α,β-unsaturated/α-hetero) is 1. The fourth-order valence-corrected chi connectivity index (χ4v) is 2.62. The van der Waals surface area contributed by atoms with Gasteiger partial charge in [-0.05, 0) is 24.6 Å². The normalized spacial score (nSPS) is 10.4. The van der Waals surface area contributed by atoms with Gasteiger partial charge in [-0.1, -0.05) is 23.7 Å². The lowest BCUT2D eigenvalue weighted by Gasteiger charge is -2.00. The van der Waals surface area contributed by atoms with Crippen LogP contribution in [0, 0.1) is 0 Å². The van der Waals surface area contributed by atoms with E-state index in [9.17, 15) is 9.90 Å². The maximum atomic E-state index is 11.2. The lowest BCUT2D eigenvalue weighted by Crippen LogP contribution is -1.88. The summed E-state index contributed by atoms with van der Waals surface area (Å²) in [4.78, 5) is 11.9. The van der Waals surface area contributed by atoms with Gasteiger partial charge in [0.25, 0.3) is 0 Å². The Morgan fingerprint density at radius 2 is 2.19 bits per heavy atom. The van der Waals surface area contributed by atoms with Crippen molar-refractivity contribution in [1.29, 1.82) is 0 Å². The molecule has 4 heteroatoms. The number of hydrogen-bond acceptors (Lipinski definition) is 3. The number of benzene rings is 1. The van der Waals surface area contributed by atoms with E-state index in [4.69, 9.17) is 11.6 Å². The molecule has 2 aromatic rings. The number of carbonyl (C=O) groups is 1. The van der Waals surface area contributed by atoms with Crippen LogP contribution in [0.1, 0.15) is 17.3 Å². The Hall–Kier alpha value is -1.32. The third kappa shape index (κ3) is 1.96. The molecule has 16 heavy (non-hydrogen) atoms. The van der Waals surface area contributed by atoms with E-state index in [0.29, 0.717) is 15.5 Å². The minimum atomic E-state index is -0.137. The number of thiophene rings is 1. The first kappa shape index (κ1) is 11.2. The van der Waals surface area contributed by atoms with Gasteiger partial charge in [0.05, 0.1) is 10.4 Å². The molecule has 0 spiro atoms. The van der Waals surface area contributed by atoms with Crippen molar-refractivity contribution in [2.75, 3.05) is 0 Å². The smallest absolute Gasteiger partial charge is 0.164 e. The van der Waals surface area contributed by atoms with Crippen molar-refractivity contribution in [3.63, 3.8) is 0 Å². The molecule has 0 bridgehead atoms. The maximum Gasteiger partial charge on any atom is 0.164 e. The Morgan fingerprint density at radius 1 is 1.44 bits per heavy atom. The molecule has 0 saturated heterocycles. The predicted molar refractivity (Wildman–Crippen MR) is 66.4 cm³/mol. The quantitative estimate of drug-likeness (QED) is 0.821. The van der Waals surface area contributed by atoms with Gasteiger partial charge in [-0.15, -0.1) is 11.3 Å². The van der Waals surface area contributed by atoms with Crippen LogP contribution in [-0.2, 0) is 0 Å². The third-order valence-corrected chi connectivity index (χ3v) is 3.48. The van der Waals surface area contributed by atoms with Gasteiger partial charge in [0.15, 0.2) is 5.78 Å². The molecule has 1 N–H and O–H groups in total. The first-order valence-electron chi connectivity index (χ1n) is 4.67. The van der Waals surface area contributed by atoms with Crippen molar-refractivity contribution < 1.29 is 9.90 Å². The number of carbonyl (C=O) groups excluding carboxylic acids is 1. The monoisotopic (exact) mass is 252 g/mol. The van der Waals surface area contributed by atoms with Crippen LogP contribution in [0.5, 0.6) is 5.75 Å². The van der Waals surface area contributed by atoms with Gasteiger partial charge in [0, 0.05) is 10.4 Å². The fourth-order valence-electron chi connectivity index (χ4n) is 1.44. The van der Waals surface area contributed by atoms with Gasteiger partial charge in [0.2, 0.25) is 0 Å². The summed E-state index contributed by atoms with van der Waals surface area (Å²) in [5, 5.41) is 12.2. The number of aromatic hydroxyl groups is 1. The Balaban J connectivity index is 2.53. The van der Waals surface area contributed by atoms with Crippen LogP contribution in [0.15, 0.2) is 29.6 Å². The summed E-state index contributed by atoms with van der Waals surface area (Å²) < 4.78 is 0. The summed E-state index contributed by atoms with van der Waals surface area (Å²) in [5.74, 6) is -0.0956. The van der Waals surface area contributed by atoms with E-state index in [-0.39, 0.29) is 11.5 Å². The lowest BCUT2D eigenvalue weighted by molar-refractivity contribution is 0.101. The zero-order valence-corrected chi connectivity index (χ0v) is 10.1. The van der Waals surface area contributed by atoms with E-state index in [2.05, 4.69) is 0 Å². The Labute approximate surface area is 102 Å². The average Bonchev–Trinajstić information content (AvgIpc) is 2.60. The molecule has 1 heterocycles. The highest BCUT2D eigenvalue weighted by Gasteiger charge is 2.15. The van der Waals surface area contributed by atoms with Gasteiger partial charge in [-0.25, -0.2) is 0 Å². The zero-order valence-electron chi connectivity index (χ0n) is 8.53.